The van der Waals surface area contributed by atoms with E-state index in [-0.39, 0.29) is 17.9 Å². The number of nitrogens with one attached hydrogen (secondary N) is 2. The highest BCUT2D eigenvalue weighted by atomic mass is 16.5. The van der Waals surface area contributed by atoms with Gasteiger partial charge in [0.15, 0.2) is 0 Å². The van der Waals surface area contributed by atoms with Gasteiger partial charge in [-0.3, -0.25) is 4.79 Å². The van der Waals surface area contributed by atoms with Crippen LogP contribution in [-0.2, 0) is 9.53 Å². The number of methoxy groups -OCH3 is 1. The monoisotopic (exact) mass is 258 g/mol. The van der Waals surface area contributed by atoms with Crippen molar-refractivity contribution < 1.29 is 19.4 Å². The van der Waals surface area contributed by atoms with Crippen LogP contribution < -0.4 is 10.6 Å². The molecule has 0 radical (unpaired) electrons. The highest BCUT2D eigenvalue weighted by Gasteiger charge is 2.30. The number of aliphatic carboxylic acids is 1. The molecule has 6 heteroatoms. The number of urea groups is 1. The van der Waals surface area contributed by atoms with Gasteiger partial charge in [0, 0.05) is 20.2 Å². The Balaban J connectivity index is 2.27. The third kappa shape index (κ3) is 4.91. The standard InChI is InChI=1S/C12H22N2O4/c1-18-7-6-13-12(17)14-8-9-4-2-3-5-10(9)11(15)16/h9-10H,2-8H2,1H3,(H,15,16)(H2,13,14,17). The fourth-order valence-corrected chi connectivity index (χ4v) is 2.33. The summed E-state index contributed by atoms with van der Waals surface area (Å²) in [6.45, 7) is 1.35. The zero-order chi connectivity index (χ0) is 13.4. The topological polar surface area (TPSA) is 87.7 Å². The van der Waals surface area contributed by atoms with E-state index in [4.69, 9.17) is 9.84 Å². The Morgan fingerprint density at radius 2 is 2.00 bits per heavy atom. The van der Waals surface area contributed by atoms with E-state index in [0.29, 0.717) is 26.1 Å². The van der Waals surface area contributed by atoms with Crippen molar-refractivity contribution in [1.29, 1.82) is 0 Å². The van der Waals surface area contributed by atoms with Gasteiger partial charge in [-0.25, -0.2) is 4.79 Å². The first-order chi connectivity index (χ1) is 8.65. The lowest BCUT2D eigenvalue weighted by Crippen LogP contribution is -2.42. The van der Waals surface area contributed by atoms with Crippen LogP contribution >= 0.6 is 0 Å². The van der Waals surface area contributed by atoms with E-state index in [1.165, 1.54) is 0 Å². The summed E-state index contributed by atoms with van der Waals surface area (Å²) in [6, 6.07) is -0.262. The normalized spacial score (nSPS) is 23.4. The number of carboxylic acids is 1. The van der Waals surface area contributed by atoms with Crippen LogP contribution in [0.2, 0.25) is 0 Å². The number of ether oxygens (including phenoxy) is 1. The minimum absolute atomic E-state index is 0.0458. The maximum atomic E-state index is 11.4. The predicted molar refractivity (Wildman–Crippen MR) is 66.4 cm³/mol. The molecule has 2 unspecified atom stereocenters. The Hall–Kier alpha value is -1.30. The number of carboxylic acid groups (broad SMARTS) is 1. The molecule has 0 bridgehead atoms. The number of carbonyl (C=O) groups is 2. The second-order valence-corrected chi connectivity index (χ2v) is 4.62. The molecule has 0 aromatic rings. The van der Waals surface area contributed by atoms with E-state index in [1.807, 2.05) is 0 Å². The van der Waals surface area contributed by atoms with Gasteiger partial charge in [0.05, 0.1) is 12.5 Å². The lowest BCUT2D eigenvalue weighted by molar-refractivity contribution is -0.144. The summed E-state index contributed by atoms with van der Waals surface area (Å²) in [7, 11) is 1.57. The fourth-order valence-electron chi connectivity index (χ4n) is 2.33. The van der Waals surface area contributed by atoms with Crippen LogP contribution in [0.15, 0.2) is 0 Å². The van der Waals surface area contributed by atoms with Crippen LogP contribution in [0.3, 0.4) is 0 Å². The molecule has 0 aromatic carbocycles. The van der Waals surface area contributed by atoms with E-state index in [2.05, 4.69) is 10.6 Å². The fraction of sp³-hybridized carbons (Fsp3) is 0.833. The molecule has 2 atom stereocenters. The molecule has 1 saturated carbocycles. The van der Waals surface area contributed by atoms with Crippen LogP contribution in [0.4, 0.5) is 4.79 Å². The lowest BCUT2D eigenvalue weighted by atomic mass is 9.79. The number of hydrogen-bond donors (Lipinski definition) is 3. The van der Waals surface area contributed by atoms with Crippen molar-refractivity contribution in [3.63, 3.8) is 0 Å². The highest BCUT2D eigenvalue weighted by Crippen LogP contribution is 2.29. The first kappa shape index (κ1) is 14.8. The van der Waals surface area contributed by atoms with Crippen molar-refractivity contribution in [3.8, 4) is 0 Å². The number of carbonyl (C=O) groups excluding carboxylic acids is 1. The van der Waals surface area contributed by atoms with Crippen LogP contribution in [-0.4, -0.2) is 43.9 Å². The lowest BCUT2D eigenvalue weighted by Gasteiger charge is -2.28. The van der Waals surface area contributed by atoms with Gasteiger partial charge in [0.2, 0.25) is 0 Å². The van der Waals surface area contributed by atoms with Crippen molar-refractivity contribution in [2.75, 3.05) is 26.8 Å². The van der Waals surface area contributed by atoms with Crippen molar-refractivity contribution in [1.82, 2.24) is 10.6 Å². The van der Waals surface area contributed by atoms with Gasteiger partial charge in [0.1, 0.15) is 0 Å². The molecule has 6 nitrogen and oxygen atoms in total. The maximum absolute atomic E-state index is 11.4. The summed E-state index contributed by atoms with van der Waals surface area (Å²) in [5.41, 5.74) is 0. The Bertz CT molecular complexity index is 283. The Morgan fingerprint density at radius 1 is 1.28 bits per heavy atom. The molecule has 0 aliphatic heterocycles. The van der Waals surface area contributed by atoms with Crippen molar-refractivity contribution in [2.24, 2.45) is 11.8 Å². The van der Waals surface area contributed by atoms with Crippen LogP contribution in [0.25, 0.3) is 0 Å². The molecule has 104 valence electrons. The summed E-state index contributed by atoms with van der Waals surface area (Å²) in [4.78, 5) is 22.5. The molecule has 1 fully saturated rings. The van der Waals surface area contributed by atoms with E-state index in [1.54, 1.807) is 7.11 Å². The minimum Gasteiger partial charge on any atom is -0.481 e. The van der Waals surface area contributed by atoms with Gasteiger partial charge < -0.3 is 20.5 Å². The number of rotatable bonds is 6. The third-order valence-corrected chi connectivity index (χ3v) is 3.34. The summed E-state index contributed by atoms with van der Waals surface area (Å²) < 4.78 is 4.81. The molecular formula is C12H22N2O4. The molecule has 1 rings (SSSR count). The van der Waals surface area contributed by atoms with Gasteiger partial charge in [-0.05, 0) is 18.8 Å². The average Bonchev–Trinajstić information content (AvgIpc) is 2.37. The molecule has 2 amide bonds. The van der Waals surface area contributed by atoms with Gasteiger partial charge in [-0.2, -0.15) is 0 Å². The molecule has 0 saturated heterocycles. The predicted octanol–water partition coefficient (Wildman–Crippen LogP) is 0.823. The van der Waals surface area contributed by atoms with Gasteiger partial charge in [0.25, 0.3) is 0 Å². The van der Waals surface area contributed by atoms with Gasteiger partial charge in [-0.15, -0.1) is 0 Å². The van der Waals surface area contributed by atoms with E-state index < -0.39 is 5.97 Å². The quantitative estimate of drug-likeness (QED) is 0.616. The molecule has 0 heterocycles. The van der Waals surface area contributed by atoms with Crippen LogP contribution in [0.1, 0.15) is 25.7 Å². The first-order valence-corrected chi connectivity index (χ1v) is 6.38. The van der Waals surface area contributed by atoms with E-state index in [0.717, 1.165) is 19.3 Å². The zero-order valence-corrected chi connectivity index (χ0v) is 10.8. The Labute approximate surface area is 107 Å². The van der Waals surface area contributed by atoms with Crippen LogP contribution in [0.5, 0.6) is 0 Å². The second kappa shape index (κ2) is 7.92. The van der Waals surface area contributed by atoms with Gasteiger partial charge in [-0.1, -0.05) is 12.8 Å². The largest absolute Gasteiger partial charge is 0.481 e. The summed E-state index contributed by atoms with van der Waals surface area (Å²) in [5.74, 6) is -1.02. The molecule has 0 spiro atoms. The molecule has 3 N–H and O–H groups in total. The smallest absolute Gasteiger partial charge is 0.314 e. The van der Waals surface area contributed by atoms with Crippen LogP contribution in [0, 0.1) is 11.8 Å². The first-order valence-electron chi connectivity index (χ1n) is 6.38. The second-order valence-electron chi connectivity index (χ2n) is 4.62. The summed E-state index contributed by atoms with van der Waals surface area (Å²) >= 11 is 0. The SMILES string of the molecule is COCCNC(=O)NCC1CCCCC1C(=O)O. The Morgan fingerprint density at radius 3 is 2.67 bits per heavy atom. The number of hydrogen-bond acceptors (Lipinski definition) is 3. The molecule has 1 aliphatic carbocycles. The third-order valence-electron chi connectivity index (χ3n) is 3.34. The maximum Gasteiger partial charge on any atom is 0.314 e. The summed E-state index contributed by atoms with van der Waals surface area (Å²) in [6.07, 6.45) is 3.59. The molecule has 0 aromatic heterocycles. The number of amides is 2. The molecule has 1 aliphatic rings. The zero-order valence-electron chi connectivity index (χ0n) is 10.8. The summed E-state index contributed by atoms with van der Waals surface area (Å²) in [5, 5.41) is 14.5. The van der Waals surface area contributed by atoms with Crippen molar-refractivity contribution >= 4 is 12.0 Å². The Kier molecular flexibility index (Phi) is 6.49. The molecule has 18 heavy (non-hydrogen) atoms. The van der Waals surface area contributed by atoms with Crippen molar-refractivity contribution in [3.05, 3.63) is 0 Å². The highest BCUT2D eigenvalue weighted by molar-refractivity contribution is 5.74. The van der Waals surface area contributed by atoms with E-state index in [9.17, 15) is 9.59 Å². The molecular weight excluding hydrogens is 236 g/mol. The minimum atomic E-state index is -0.749. The average molecular weight is 258 g/mol. The van der Waals surface area contributed by atoms with Gasteiger partial charge >= 0.3 is 12.0 Å². The van der Waals surface area contributed by atoms with E-state index >= 15 is 0 Å². The van der Waals surface area contributed by atoms with Crippen molar-refractivity contribution in [2.45, 2.75) is 25.7 Å².